The van der Waals surface area contributed by atoms with Crippen molar-refractivity contribution in [1.29, 1.82) is 0 Å². The van der Waals surface area contributed by atoms with Crippen LogP contribution >= 0.6 is 23.1 Å². The van der Waals surface area contributed by atoms with Crippen molar-refractivity contribution in [3.63, 3.8) is 0 Å². The van der Waals surface area contributed by atoms with Crippen molar-refractivity contribution in [3.05, 3.63) is 23.7 Å². The number of para-hydroxylation sites is 1. The third-order valence-corrected chi connectivity index (χ3v) is 6.05. The van der Waals surface area contributed by atoms with Crippen molar-refractivity contribution in [2.75, 3.05) is 19.8 Å². The number of rotatable bonds is 4. The lowest BCUT2D eigenvalue weighted by Gasteiger charge is -2.14. The predicted octanol–water partition coefficient (Wildman–Crippen LogP) is 1.52. The fraction of sp³-hybridized carbons (Fsp3) is 0.200. The van der Waals surface area contributed by atoms with Crippen LogP contribution < -0.4 is 5.73 Å². The van der Waals surface area contributed by atoms with E-state index in [0.717, 1.165) is 4.31 Å². The number of hydrogen-bond acceptors (Lipinski definition) is 7. The van der Waals surface area contributed by atoms with Gasteiger partial charge in [0.05, 0.1) is 5.69 Å². The molecule has 9 heteroatoms. The van der Waals surface area contributed by atoms with Crippen LogP contribution in [0.25, 0.3) is 0 Å². The molecule has 0 aliphatic rings. The summed E-state index contributed by atoms with van der Waals surface area (Å²) in [5.41, 5.74) is 7.80. The zero-order valence-electron chi connectivity index (χ0n) is 10.3. The molecule has 0 saturated heterocycles. The van der Waals surface area contributed by atoms with Gasteiger partial charge in [0.15, 0.2) is 4.34 Å². The Morgan fingerprint density at radius 2 is 2.11 bits per heavy atom. The lowest BCUT2D eigenvalue weighted by Crippen LogP contribution is -2.23. The summed E-state index contributed by atoms with van der Waals surface area (Å²) in [7, 11) is -0.603. The second-order valence-electron chi connectivity index (χ2n) is 3.76. The lowest BCUT2D eigenvalue weighted by atomic mass is 10.3. The number of nitrogens with two attached hydrogens (primary N) is 1. The molecule has 19 heavy (non-hydrogen) atoms. The Labute approximate surface area is 119 Å². The van der Waals surface area contributed by atoms with E-state index < -0.39 is 10.0 Å². The number of nitrogens with zero attached hydrogens (tertiary/aromatic N) is 3. The Hall–Kier alpha value is -1.16. The maximum atomic E-state index is 12.1. The maximum absolute atomic E-state index is 12.1. The van der Waals surface area contributed by atoms with E-state index >= 15 is 0 Å². The highest BCUT2D eigenvalue weighted by molar-refractivity contribution is 8.01. The minimum Gasteiger partial charge on any atom is -0.397 e. The van der Waals surface area contributed by atoms with Gasteiger partial charge in [-0.2, -0.15) is 0 Å². The average Bonchev–Trinajstić information content (AvgIpc) is 2.84. The molecule has 0 radical (unpaired) electrons. The molecule has 1 aromatic heterocycles. The largest absolute Gasteiger partial charge is 0.397 e. The lowest BCUT2D eigenvalue weighted by molar-refractivity contribution is 0.521. The first kappa shape index (κ1) is 14.3. The van der Waals surface area contributed by atoms with Crippen LogP contribution in [-0.2, 0) is 10.0 Å². The third-order valence-electron chi connectivity index (χ3n) is 2.32. The van der Waals surface area contributed by atoms with Crippen LogP contribution in [0.3, 0.4) is 0 Å². The molecule has 0 saturated carbocycles. The van der Waals surface area contributed by atoms with Gasteiger partial charge in [0.2, 0.25) is 10.0 Å². The Balaban J connectivity index is 2.44. The zero-order valence-corrected chi connectivity index (χ0v) is 12.7. The summed E-state index contributed by atoms with van der Waals surface area (Å²) in [5, 5.41) is 7.62. The van der Waals surface area contributed by atoms with Crippen LogP contribution in [0.5, 0.6) is 0 Å². The molecule has 2 rings (SSSR count). The number of sulfonamides is 1. The van der Waals surface area contributed by atoms with E-state index in [1.165, 1.54) is 43.3 Å². The normalized spacial score (nSPS) is 11.9. The fourth-order valence-electron chi connectivity index (χ4n) is 1.34. The summed E-state index contributed by atoms with van der Waals surface area (Å²) < 4.78 is 26.1. The van der Waals surface area contributed by atoms with Crippen molar-refractivity contribution < 1.29 is 8.42 Å². The predicted molar refractivity (Wildman–Crippen MR) is 75.8 cm³/mol. The third kappa shape index (κ3) is 2.89. The molecule has 0 unspecified atom stereocenters. The van der Waals surface area contributed by atoms with Crippen molar-refractivity contribution in [3.8, 4) is 0 Å². The minimum absolute atomic E-state index is 0.104. The Bertz CT molecular complexity index is 668. The van der Waals surface area contributed by atoms with E-state index in [0.29, 0.717) is 9.24 Å². The molecule has 1 heterocycles. The van der Waals surface area contributed by atoms with Crippen LogP contribution in [0.1, 0.15) is 0 Å². The number of hydrogen-bond donors (Lipinski definition) is 1. The monoisotopic (exact) mass is 316 g/mol. The topological polar surface area (TPSA) is 89.2 Å². The van der Waals surface area contributed by atoms with E-state index in [2.05, 4.69) is 10.2 Å². The second-order valence-corrected chi connectivity index (χ2v) is 8.00. The fourth-order valence-corrected chi connectivity index (χ4v) is 3.94. The molecule has 102 valence electrons. The van der Waals surface area contributed by atoms with E-state index in [-0.39, 0.29) is 10.6 Å². The van der Waals surface area contributed by atoms with Gasteiger partial charge in [0.25, 0.3) is 0 Å². The van der Waals surface area contributed by atoms with Gasteiger partial charge in [0, 0.05) is 19.0 Å². The van der Waals surface area contributed by atoms with Gasteiger partial charge < -0.3 is 5.73 Å². The first-order valence-electron chi connectivity index (χ1n) is 5.18. The molecule has 2 N–H and O–H groups in total. The number of anilines is 1. The van der Waals surface area contributed by atoms with E-state index in [4.69, 9.17) is 5.73 Å². The molecule has 1 aromatic carbocycles. The quantitative estimate of drug-likeness (QED) is 0.860. The molecule has 6 nitrogen and oxygen atoms in total. The van der Waals surface area contributed by atoms with Gasteiger partial charge in [-0.3, -0.25) is 0 Å². The van der Waals surface area contributed by atoms with Crippen LogP contribution in [0.4, 0.5) is 5.69 Å². The molecule has 0 bridgehead atoms. The standard InChI is InChI=1S/C10H12N4O2S3/c1-14(2)19(15,16)8-5-3-4-7(9(8)11)18-10-13-12-6-17-10/h3-6H,11H2,1-2H3. The van der Waals surface area contributed by atoms with E-state index in [9.17, 15) is 8.42 Å². The van der Waals surface area contributed by atoms with Gasteiger partial charge in [-0.1, -0.05) is 29.2 Å². The van der Waals surface area contributed by atoms with E-state index in [1.54, 1.807) is 17.6 Å². The number of nitrogen functional groups attached to an aromatic ring is 1. The SMILES string of the molecule is CN(C)S(=O)(=O)c1cccc(Sc2nncs2)c1N. The summed E-state index contributed by atoms with van der Waals surface area (Å²) in [5.74, 6) is 0. The molecular weight excluding hydrogens is 304 g/mol. The van der Waals surface area contributed by atoms with Crippen LogP contribution in [0, 0.1) is 0 Å². The molecule has 0 aliphatic carbocycles. The Kier molecular flexibility index (Phi) is 4.09. The van der Waals surface area contributed by atoms with Crippen LogP contribution in [0.15, 0.2) is 37.8 Å². The van der Waals surface area contributed by atoms with E-state index in [1.807, 2.05) is 0 Å². The summed E-state index contributed by atoms with van der Waals surface area (Å²) >= 11 is 2.67. The maximum Gasteiger partial charge on any atom is 0.244 e. The van der Waals surface area contributed by atoms with Crippen molar-refractivity contribution in [2.24, 2.45) is 0 Å². The first-order chi connectivity index (χ1) is 8.93. The number of benzene rings is 1. The first-order valence-corrected chi connectivity index (χ1v) is 8.31. The molecule has 0 fully saturated rings. The molecular formula is C10H12N4O2S3. The zero-order chi connectivity index (χ0) is 14.0. The average molecular weight is 316 g/mol. The van der Waals surface area contributed by atoms with Gasteiger partial charge in [-0.15, -0.1) is 10.2 Å². The summed E-state index contributed by atoms with van der Waals surface area (Å²) in [6, 6.07) is 4.92. The van der Waals surface area contributed by atoms with Crippen molar-refractivity contribution in [2.45, 2.75) is 14.1 Å². The number of aromatic nitrogens is 2. The van der Waals surface area contributed by atoms with Gasteiger partial charge in [-0.25, -0.2) is 12.7 Å². The second kappa shape index (κ2) is 5.45. The summed E-state index contributed by atoms with van der Waals surface area (Å²) in [6.07, 6.45) is 0. The molecule has 0 atom stereocenters. The van der Waals surface area contributed by atoms with Gasteiger partial charge in [0.1, 0.15) is 10.4 Å². The molecule has 0 amide bonds. The van der Waals surface area contributed by atoms with Gasteiger partial charge in [-0.05, 0) is 12.1 Å². The molecule has 0 spiro atoms. The van der Waals surface area contributed by atoms with Crippen molar-refractivity contribution in [1.82, 2.24) is 14.5 Å². The highest BCUT2D eigenvalue weighted by Gasteiger charge is 2.22. The highest BCUT2D eigenvalue weighted by atomic mass is 32.2. The van der Waals surface area contributed by atoms with Crippen molar-refractivity contribution >= 4 is 38.8 Å². The molecule has 0 aliphatic heterocycles. The van der Waals surface area contributed by atoms with Gasteiger partial charge >= 0.3 is 0 Å². The Morgan fingerprint density at radius 1 is 1.37 bits per heavy atom. The summed E-state index contributed by atoms with van der Waals surface area (Å²) in [4.78, 5) is 0.756. The smallest absolute Gasteiger partial charge is 0.244 e. The highest BCUT2D eigenvalue weighted by Crippen LogP contribution is 2.36. The van der Waals surface area contributed by atoms with Crippen LogP contribution in [-0.4, -0.2) is 37.0 Å². The summed E-state index contributed by atoms with van der Waals surface area (Å²) in [6.45, 7) is 0. The van der Waals surface area contributed by atoms with Crippen LogP contribution in [0.2, 0.25) is 0 Å². The Morgan fingerprint density at radius 3 is 2.68 bits per heavy atom. The minimum atomic E-state index is -3.55. The molecule has 2 aromatic rings.